The monoisotopic (exact) mass is 356 g/mol. The van der Waals surface area contributed by atoms with Crippen LogP contribution in [0, 0.1) is 3.57 Å². The summed E-state index contributed by atoms with van der Waals surface area (Å²) in [5.74, 6) is -0.583. The minimum Gasteiger partial charge on any atom is -0.462 e. The van der Waals surface area contributed by atoms with Crippen LogP contribution in [-0.4, -0.2) is 17.6 Å². The van der Waals surface area contributed by atoms with Crippen LogP contribution in [0.25, 0.3) is 0 Å². The molecule has 1 aromatic rings. The normalized spacial score (nSPS) is 10.7. The van der Waals surface area contributed by atoms with Gasteiger partial charge in [-0.05, 0) is 29.5 Å². The zero-order valence-corrected chi connectivity index (χ0v) is 11.2. The van der Waals surface area contributed by atoms with Gasteiger partial charge in [0.25, 0.3) is 6.43 Å². The first-order chi connectivity index (χ1) is 8.02. The highest BCUT2D eigenvalue weighted by molar-refractivity contribution is 14.1. The van der Waals surface area contributed by atoms with Gasteiger partial charge in [-0.1, -0.05) is 0 Å². The van der Waals surface area contributed by atoms with Crippen molar-refractivity contribution in [3.05, 3.63) is 26.6 Å². The van der Waals surface area contributed by atoms with Crippen LogP contribution in [0.4, 0.5) is 8.78 Å². The Morgan fingerprint density at radius 3 is 2.76 bits per heavy atom. The molecule has 17 heavy (non-hydrogen) atoms. The van der Waals surface area contributed by atoms with Crippen LogP contribution >= 0.6 is 22.6 Å². The van der Waals surface area contributed by atoms with Gasteiger partial charge in [-0.25, -0.2) is 13.6 Å². The van der Waals surface area contributed by atoms with Crippen molar-refractivity contribution in [1.29, 1.82) is 0 Å². The van der Waals surface area contributed by atoms with Gasteiger partial charge in [0, 0.05) is 21.9 Å². The molecule has 0 aromatic carbocycles. The summed E-state index contributed by atoms with van der Waals surface area (Å²) < 4.78 is 30.4. The van der Waals surface area contributed by atoms with Crippen LogP contribution in [0.1, 0.15) is 35.0 Å². The summed E-state index contributed by atoms with van der Waals surface area (Å²) in [6, 6.07) is 0. The van der Waals surface area contributed by atoms with Crippen LogP contribution in [-0.2, 0) is 11.3 Å². The third kappa shape index (κ3) is 3.09. The van der Waals surface area contributed by atoms with Crippen LogP contribution in [0.3, 0.4) is 0 Å². The first-order valence-electron chi connectivity index (χ1n) is 4.85. The summed E-state index contributed by atoms with van der Waals surface area (Å²) in [5.41, 5.74) is 5.37. The first-order valence-corrected chi connectivity index (χ1v) is 5.93. The standard InChI is InChI=1S/C10H11F2IN2O2/c1-2-17-10(16)6-4-15-8(9(11)12)5(3-14)7(6)13/h4,9H,2-3,14H2,1H3. The molecule has 0 aliphatic rings. The number of hydrogen-bond acceptors (Lipinski definition) is 4. The molecule has 0 amide bonds. The van der Waals surface area contributed by atoms with Gasteiger partial charge in [-0.15, -0.1) is 0 Å². The number of alkyl halides is 2. The number of carbonyl (C=O) groups is 1. The van der Waals surface area contributed by atoms with Gasteiger partial charge in [0.1, 0.15) is 5.69 Å². The van der Waals surface area contributed by atoms with Crippen molar-refractivity contribution in [2.24, 2.45) is 5.73 Å². The Balaban J connectivity index is 3.24. The average Bonchev–Trinajstić information content (AvgIpc) is 2.28. The van der Waals surface area contributed by atoms with E-state index in [1.54, 1.807) is 29.5 Å². The molecule has 1 heterocycles. The van der Waals surface area contributed by atoms with Crippen molar-refractivity contribution in [2.75, 3.05) is 6.61 Å². The largest absolute Gasteiger partial charge is 0.462 e. The predicted molar refractivity (Wildman–Crippen MR) is 65.8 cm³/mol. The van der Waals surface area contributed by atoms with Crippen molar-refractivity contribution in [1.82, 2.24) is 4.98 Å². The molecule has 0 unspecified atom stereocenters. The lowest BCUT2D eigenvalue weighted by Crippen LogP contribution is -2.14. The van der Waals surface area contributed by atoms with Gasteiger partial charge < -0.3 is 10.5 Å². The van der Waals surface area contributed by atoms with Crippen molar-refractivity contribution in [2.45, 2.75) is 19.9 Å². The lowest BCUT2D eigenvalue weighted by atomic mass is 10.1. The van der Waals surface area contributed by atoms with Gasteiger partial charge in [-0.3, -0.25) is 4.98 Å². The first kappa shape index (κ1) is 14.2. The molecule has 0 bridgehead atoms. The molecular formula is C10H11F2IN2O2. The van der Waals surface area contributed by atoms with Crippen molar-refractivity contribution < 1.29 is 18.3 Å². The Kier molecular flexibility index (Phi) is 5.19. The number of rotatable bonds is 4. The Morgan fingerprint density at radius 2 is 2.29 bits per heavy atom. The molecule has 0 aliphatic heterocycles. The van der Waals surface area contributed by atoms with Gasteiger partial charge in [0.15, 0.2) is 0 Å². The van der Waals surface area contributed by atoms with E-state index in [9.17, 15) is 13.6 Å². The quantitative estimate of drug-likeness (QED) is 0.664. The van der Waals surface area contributed by atoms with E-state index < -0.39 is 12.4 Å². The van der Waals surface area contributed by atoms with Gasteiger partial charge in [0.05, 0.1) is 12.2 Å². The second-order valence-electron chi connectivity index (χ2n) is 3.07. The van der Waals surface area contributed by atoms with Crippen LogP contribution in [0.5, 0.6) is 0 Å². The molecule has 2 N–H and O–H groups in total. The number of halogens is 3. The molecule has 0 saturated carbocycles. The second kappa shape index (κ2) is 6.20. The van der Waals surface area contributed by atoms with E-state index in [0.29, 0.717) is 3.57 Å². The molecular weight excluding hydrogens is 345 g/mol. The number of aromatic nitrogens is 1. The Labute approximate surface area is 111 Å². The van der Waals surface area contributed by atoms with Gasteiger partial charge >= 0.3 is 5.97 Å². The lowest BCUT2D eigenvalue weighted by Gasteiger charge is -2.11. The maximum absolute atomic E-state index is 12.6. The molecule has 1 rings (SSSR count). The highest BCUT2D eigenvalue weighted by Gasteiger charge is 2.21. The van der Waals surface area contributed by atoms with E-state index >= 15 is 0 Å². The molecule has 0 radical (unpaired) electrons. The third-order valence-corrected chi connectivity index (χ3v) is 3.28. The summed E-state index contributed by atoms with van der Waals surface area (Å²) in [6.45, 7) is 1.78. The molecule has 0 fully saturated rings. The second-order valence-corrected chi connectivity index (χ2v) is 4.15. The Hall–Kier alpha value is -0.830. The van der Waals surface area contributed by atoms with E-state index in [4.69, 9.17) is 10.5 Å². The van der Waals surface area contributed by atoms with Crippen LogP contribution < -0.4 is 5.73 Å². The van der Waals surface area contributed by atoms with E-state index in [0.717, 1.165) is 6.20 Å². The van der Waals surface area contributed by atoms with E-state index in [-0.39, 0.29) is 30.0 Å². The number of nitrogens with zero attached hydrogens (tertiary/aromatic N) is 1. The number of esters is 1. The maximum atomic E-state index is 12.6. The summed E-state index contributed by atoms with van der Waals surface area (Å²) >= 11 is 1.80. The minimum absolute atomic E-state index is 0.0990. The van der Waals surface area contributed by atoms with E-state index in [2.05, 4.69) is 4.98 Å². The fourth-order valence-electron chi connectivity index (χ4n) is 1.28. The maximum Gasteiger partial charge on any atom is 0.340 e. The summed E-state index contributed by atoms with van der Waals surface area (Å²) in [5, 5.41) is 0. The van der Waals surface area contributed by atoms with E-state index in [1.807, 2.05) is 0 Å². The minimum atomic E-state index is -2.71. The number of pyridine rings is 1. The fraction of sp³-hybridized carbons (Fsp3) is 0.400. The number of ether oxygens (including phenoxy) is 1. The third-order valence-electron chi connectivity index (χ3n) is 2.05. The Bertz CT molecular complexity index is 427. The molecule has 94 valence electrons. The number of hydrogen-bond donors (Lipinski definition) is 1. The molecule has 0 atom stereocenters. The molecule has 1 aromatic heterocycles. The molecule has 4 nitrogen and oxygen atoms in total. The molecule has 0 spiro atoms. The Morgan fingerprint density at radius 1 is 1.65 bits per heavy atom. The zero-order chi connectivity index (χ0) is 13.0. The highest BCUT2D eigenvalue weighted by Crippen LogP contribution is 2.26. The lowest BCUT2D eigenvalue weighted by molar-refractivity contribution is 0.0523. The predicted octanol–water partition coefficient (Wildman–Crippen LogP) is 2.26. The number of carbonyl (C=O) groups excluding carboxylic acids is 1. The van der Waals surface area contributed by atoms with Crippen molar-refractivity contribution in [3.8, 4) is 0 Å². The van der Waals surface area contributed by atoms with Gasteiger partial charge in [0.2, 0.25) is 0 Å². The molecule has 0 saturated heterocycles. The molecule has 7 heteroatoms. The number of nitrogens with two attached hydrogens (primary N) is 1. The van der Waals surface area contributed by atoms with Crippen LogP contribution in [0.2, 0.25) is 0 Å². The topological polar surface area (TPSA) is 65.2 Å². The fourth-order valence-corrected chi connectivity index (χ4v) is 2.13. The highest BCUT2D eigenvalue weighted by atomic mass is 127. The summed E-state index contributed by atoms with van der Waals surface area (Å²) in [7, 11) is 0. The van der Waals surface area contributed by atoms with Crippen molar-refractivity contribution >= 4 is 28.6 Å². The molecule has 0 aliphatic carbocycles. The van der Waals surface area contributed by atoms with Crippen molar-refractivity contribution in [3.63, 3.8) is 0 Å². The summed E-state index contributed by atoms with van der Waals surface area (Å²) in [4.78, 5) is 15.1. The smallest absolute Gasteiger partial charge is 0.340 e. The van der Waals surface area contributed by atoms with E-state index in [1.165, 1.54) is 0 Å². The van der Waals surface area contributed by atoms with Gasteiger partial charge in [-0.2, -0.15) is 0 Å². The average molecular weight is 356 g/mol. The zero-order valence-electron chi connectivity index (χ0n) is 9.04. The SMILES string of the molecule is CCOC(=O)c1cnc(C(F)F)c(CN)c1I. The van der Waals surface area contributed by atoms with Crippen LogP contribution in [0.15, 0.2) is 6.20 Å². The summed E-state index contributed by atoms with van der Waals surface area (Å²) in [6.07, 6.45) is -1.61.